The number of carbonyl (C=O) groups excluding carboxylic acids is 2. The minimum Gasteiger partial charge on any atom is -0.341 e. The number of rotatable bonds is 4. The molecule has 5 rings (SSSR count). The van der Waals surface area contributed by atoms with Crippen LogP contribution in [-0.2, 0) is 6.18 Å². The number of hydrogen-bond donors (Lipinski definition) is 2. The van der Waals surface area contributed by atoms with Gasteiger partial charge in [-0.3, -0.25) is 9.59 Å². The number of alkyl halides is 3. The third kappa shape index (κ3) is 5.06. The Balaban J connectivity index is 1.66. The standard InChI is InChI=1S/C27H13ClF5N5O2/c28-20-2-1-16(29)8-18(20)24-23-19(26(40)38-24)5-12(14-10-35-22(9-34)36-11-14)6-21(23)37-25(39)13-3-15(27(31,32)33)7-17(30)4-13/h1-8,10-11,24H,(H,37,39)(H,38,40)/t24-/m0/s1. The van der Waals surface area contributed by atoms with Crippen LogP contribution >= 0.6 is 11.6 Å². The molecule has 0 spiro atoms. The number of nitriles is 1. The van der Waals surface area contributed by atoms with Crippen molar-refractivity contribution >= 4 is 29.1 Å². The van der Waals surface area contributed by atoms with Gasteiger partial charge < -0.3 is 10.6 Å². The van der Waals surface area contributed by atoms with Crippen LogP contribution in [0.2, 0.25) is 5.02 Å². The molecule has 0 unspecified atom stereocenters. The van der Waals surface area contributed by atoms with E-state index in [2.05, 4.69) is 20.6 Å². The SMILES string of the molecule is N#Cc1ncc(-c2cc(NC(=O)c3cc(F)cc(C(F)(F)F)c3)c3c(c2)C(=O)N[C@H]3c2cc(F)ccc2Cl)cn1. The van der Waals surface area contributed by atoms with Crippen molar-refractivity contribution in [3.05, 3.63) is 111 Å². The molecule has 1 aliphatic heterocycles. The van der Waals surface area contributed by atoms with Gasteiger partial charge in [-0.05, 0) is 54.1 Å². The van der Waals surface area contributed by atoms with Crippen LogP contribution in [0.3, 0.4) is 0 Å². The van der Waals surface area contributed by atoms with Gasteiger partial charge in [0.25, 0.3) is 11.8 Å². The number of anilines is 1. The van der Waals surface area contributed by atoms with Crippen molar-refractivity contribution < 1.29 is 31.5 Å². The lowest BCUT2D eigenvalue weighted by Gasteiger charge is -2.19. The maximum absolute atomic E-state index is 14.1. The minimum atomic E-state index is -4.91. The quantitative estimate of drug-likeness (QED) is 0.291. The highest BCUT2D eigenvalue weighted by Crippen LogP contribution is 2.42. The van der Waals surface area contributed by atoms with Gasteiger partial charge in [0.1, 0.15) is 17.7 Å². The van der Waals surface area contributed by atoms with Gasteiger partial charge in [0.05, 0.1) is 11.6 Å². The Morgan fingerprint density at radius 3 is 2.40 bits per heavy atom. The summed E-state index contributed by atoms with van der Waals surface area (Å²) in [5.41, 5.74) is -1.07. The van der Waals surface area contributed by atoms with E-state index in [1.807, 2.05) is 0 Å². The fourth-order valence-corrected chi connectivity index (χ4v) is 4.51. The van der Waals surface area contributed by atoms with E-state index in [9.17, 15) is 31.5 Å². The second kappa shape index (κ2) is 10.0. The summed E-state index contributed by atoms with van der Waals surface area (Å²) in [5, 5.41) is 14.2. The molecular weight excluding hydrogens is 557 g/mol. The Morgan fingerprint density at radius 1 is 1.00 bits per heavy atom. The fourth-order valence-electron chi connectivity index (χ4n) is 4.29. The average molecular weight is 570 g/mol. The van der Waals surface area contributed by atoms with E-state index in [0.717, 1.165) is 12.1 Å². The zero-order valence-electron chi connectivity index (χ0n) is 19.8. The molecule has 0 saturated carbocycles. The van der Waals surface area contributed by atoms with Crippen molar-refractivity contribution in [3.63, 3.8) is 0 Å². The molecule has 2 N–H and O–H groups in total. The van der Waals surface area contributed by atoms with Crippen molar-refractivity contribution in [2.45, 2.75) is 12.2 Å². The van der Waals surface area contributed by atoms with E-state index in [4.69, 9.17) is 16.9 Å². The number of benzene rings is 3. The lowest BCUT2D eigenvalue weighted by molar-refractivity contribution is -0.137. The average Bonchev–Trinajstić information content (AvgIpc) is 3.25. The first-order valence-electron chi connectivity index (χ1n) is 11.3. The van der Waals surface area contributed by atoms with Gasteiger partial charge in [0.2, 0.25) is 5.82 Å². The van der Waals surface area contributed by atoms with Crippen LogP contribution in [0.25, 0.3) is 11.1 Å². The highest BCUT2D eigenvalue weighted by molar-refractivity contribution is 6.31. The van der Waals surface area contributed by atoms with E-state index >= 15 is 0 Å². The van der Waals surface area contributed by atoms with Crippen LogP contribution in [0.15, 0.2) is 60.9 Å². The Labute approximate surface area is 227 Å². The number of hydrogen-bond acceptors (Lipinski definition) is 5. The summed E-state index contributed by atoms with van der Waals surface area (Å²) in [6.07, 6.45) is -2.31. The highest BCUT2D eigenvalue weighted by Gasteiger charge is 2.36. The van der Waals surface area contributed by atoms with Crippen molar-refractivity contribution in [1.29, 1.82) is 5.26 Å². The molecule has 0 fully saturated rings. The van der Waals surface area contributed by atoms with Crippen molar-refractivity contribution in [1.82, 2.24) is 15.3 Å². The predicted octanol–water partition coefficient (Wildman–Crippen LogP) is 6.05. The third-order valence-electron chi connectivity index (χ3n) is 6.08. The van der Waals surface area contributed by atoms with Crippen molar-refractivity contribution in [2.75, 3.05) is 5.32 Å². The molecule has 2 heterocycles. The molecule has 4 aromatic rings. The van der Waals surface area contributed by atoms with Crippen LogP contribution < -0.4 is 10.6 Å². The summed E-state index contributed by atoms with van der Waals surface area (Å²) in [6, 6.07) is 8.42. The molecule has 40 heavy (non-hydrogen) atoms. The molecule has 0 saturated heterocycles. The first kappa shape index (κ1) is 26.7. The van der Waals surface area contributed by atoms with Crippen LogP contribution in [0, 0.1) is 23.0 Å². The maximum atomic E-state index is 14.1. The van der Waals surface area contributed by atoms with Gasteiger partial charge in [-0.2, -0.15) is 18.4 Å². The molecule has 0 aliphatic carbocycles. The summed E-state index contributed by atoms with van der Waals surface area (Å²) < 4.78 is 67.9. The first-order chi connectivity index (χ1) is 18.9. The summed E-state index contributed by atoms with van der Waals surface area (Å²) in [5.74, 6) is -3.78. The van der Waals surface area contributed by atoms with E-state index in [0.29, 0.717) is 23.3 Å². The van der Waals surface area contributed by atoms with Crippen molar-refractivity contribution in [3.8, 4) is 17.2 Å². The molecule has 3 aromatic carbocycles. The molecule has 0 bridgehead atoms. The smallest absolute Gasteiger partial charge is 0.341 e. The predicted molar refractivity (Wildman–Crippen MR) is 132 cm³/mol. The Bertz CT molecular complexity index is 1740. The van der Waals surface area contributed by atoms with E-state index in [1.54, 1.807) is 6.07 Å². The van der Waals surface area contributed by atoms with Crippen LogP contribution in [0.4, 0.5) is 27.6 Å². The van der Waals surface area contributed by atoms with Gasteiger partial charge in [-0.1, -0.05) is 11.6 Å². The summed E-state index contributed by atoms with van der Waals surface area (Å²) in [6.45, 7) is 0. The van der Waals surface area contributed by atoms with Gasteiger partial charge >= 0.3 is 6.18 Å². The fraction of sp³-hybridized carbons (Fsp3) is 0.0741. The van der Waals surface area contributed by atoms with Gasteiger partial charge in [-0.15, -0.1) is 0 Å². The lowest BCUT2D eigenvalue weighted by Crippen LogP contribution is -2.21. The van der Waals surface area contributed by atoms with Crippen LogP contribution in [-0.4, -0.2) is 21.8 Å². The monoisotopic (exact) mass is 569 g/mol. The zero-order chi connectivity index (χ0) is 28.8. The number of fused-ring (bicyclic) bond motifs is 1. The molecule has 1 aliphatic rings. The van der Waals surface area contributed by atoms with E-state index < -0.39 is 46.8 Å². The Kier molecular flexibility index (Phi) is 6.69. The molecule has 0 radical (unpaired) electrons. The lowest BCUT2D eigenvalue weighted by atomic mass is 9.93. The Hall–Kier alpha value is -4.89. The number of nitrogens with one attached hydrogen (secondary N) is 2. The summed E-state index contributed by atoms with van der Waals surface area (Å²) in [4.78, 5) is 33.9. The third-order valence-corrected chi connectivity index (χ3v) is 6.42. The molecule has 13 heteroatoms. The first-order valence-corrected chi connectivity index (χ1v) is 11.7. The number of nitrogens with zero attached hydrogens (tertiary/aromatic N) is 3. The Morgan fingerprint density at radius 2 is 1.73 bits per heavy atom. The van der Waals surface area contributed by atoms with Gasteiger partial charge in [0.15, 0.2) is 0 Å². The molecule has 1 atom stereocenters. The van der Waals surface area contributed by atoms with Crippen LogP contribution in [0.1, 0.15) is 49.3 Å². The topological polar surface area (TPSA) is 108 Å². The number of halogens is 6. The van der Waals surface area contributed by atoms with Crippen LogP contribution in [0.5, 0.6) is 0 Å². The molecular formula is C27H13ClF5N5O2. The summed E-state index contributed by atoms with van der Waals surface area (Å²) in [7, 11) is 0. The maximum Gasteiger partial charge on any atom is 0.416 e. The van der Waals surface area contributed by atoms with E-state index in [1.165, 1.54) is 30.6 Å². The molecule has 2 amide bonds. The number of amides is 2. The van der Waals surface area contributed by atoms with Crippen molar-refractivity contribution in [2.24, 2.45) is 0 Å². The molecule has 7 nitrogen and oxygen atoms in total. The summed E-state index contributed by atoms with van der Waals surface area (Å²) >= 11 is 6.28. The zero-order valence-corrected chi connectivity index (χ0v) is 20.5. The van der Waals surface area contributed by atoms with Gasteiger partial charge in [0, 0.05) is 50.9 Å². The second-order valence-corrected chi connectivity index (χ2v) is 9.05. The normalized spacial score (nSPS) is 14.3. The van der Waals surface area contributed by atoms with E-state index in [-0.39, 0.29) is 39.3 Å². The second-order valence-electron chi connectivity index (χ2n) is 8.64. The molecule has 1 aromatic heterocycles. The highest BCUT2D eigenvalue weighted by atomic mass is 35.5. The molecule has 200 valence electrons. The minimum absolute atomic E-state index is 0.0395. The number of aromatic nitrogens is 2. The number of carbonyl (C=O) groups is 2. The van der Waals surface area contributed by atoms with Gasteiger partial charge in [-0.25, -0.2) is 18.7 Å². The largest absolute Gasteiger partial charge is 0.416 e.